The summed E-state index contributed by atoms with van der Waals surface area (Å²) in [7, 11) is 0. The third kappa shape index (κ3) is 5.15. The Labute approximate surface area is 154 Å². The van der Waals surface area contributed by atoms with E-state index in [0.717, 1.165) is 32.1 Å². The molecule has 1 aliphatic carbocycles. The maximum atomic E-state index is 12.4. The first kappa shape index (κ1) is 18.1. The van der Waals surface area contributed by atoms with Crippen LogP contribution in [0.2, 0.25) is 0 Å². The van der Waals surface area contributed by atoms with Crippen molar-refractivity contribution in [1.29, 1.82) is 0 Å². The molecular weight excluding hydrogens is 326 g/mol. The zero-order valence-electron chi connectivity index (χ0n) is 14.9. The Morgan fingerprint density at radius 2 is 1.58 bits per heavy atom. The van der Waals surface area contributed by atoms with Gasteiger partial charge in [-0.1, -0.05) is 55.7 Å². The van der Waals surface area contributed by atoms with Crippen molar-refractivity contribution in [3.8, 4) is 0 Å². The summed E-state index contributed by atoms with van der Waals surface area (Å²) in [6, 6.07) is 15.2. The lowest BCUT2D eigenvalue weighted by molar-refractivity contribution is 0.0922. The van der Waals surface area contributed by atoms with Crippen molar-refractivity contribution in [2.45, 2.75) is 44.6 Å². The summed E-state index contributed by atoms with van der Waals surface area (Å²) < 4.78 is 0. The fourth-order valence-electron chi connectivity index (χ4n) is 3.25. The van der Waals surface area contributed by atoms with Crippen molar-refractivity contribution >= 4 is 11.8 Å². The minimum Gasteiger partial charge on any atom is -0.350 e. The molecule has 0 bridgehead atoms. The first-order chi connectivity index (χ1) is 12.7. The van der Waals surface area contributed by atoms with Crippen molar-refractivity contribution in [3.05, 3.63) is 65.5 Å². The quantitative estimate of drug-likeness (QED) is 0.840. The molecule has 2 aromatic rings. The van der Waals surface area contributed by atoms with E-state index in [1.165, 1.54) is 12.0 Å². The van der Waals surface area contributed by atoms with E-state index in [-0.39, 0.29) is 23.6 Å². The Hall–Kier alpha value is -2.69. The molecule has 0 radical (unpaired) electrons. The van der Waals surface area contributed by atoms with Crippen molar-refractivity contribution in [2.24, 2.45) is 0 Å². The monoisotopic (exact) mass is 351 g/mol. The smallest absolute Gasteiger partial charge is 0.270 e. The standard InChI is InChI=1S/C21H25N3O2/c25-20(22-15-14-16-8-3-1-4-9-16)18-12-7-13-19(24-18)21(26)23-17-10-5-2-6-11-17/h1,3-4,7-9,12-13,17H,2,5-6,10-11,14-15H2,(H,22,25)(H,23,26). The summed E-state index contributed by atoms with van der Waals surface area (Å²) in [5.74, 6) is -0.455. The van der Waals surface area contributed by atoms with Crippen LogP contribution in [0.4, 0.5) is 0 Å². The number of hydrogen-bond donors (Lipinski definition) is 2. The number of benzene rings is 1. The first-order valence-electron chi connectivity index (χ1n) is 9.32. The highest BCUT2D eigenvalue weighted by molar-refractivity contribution is 5.96. The van der Waals surface area contributed by atoms with Gasteiger partial charge in [0.05, 0.1) is 0 Å². The molecule has 5 nitrogen and oxygen atoms in total. The number of carbonyl (C=O) groups excluding carboxylic acids is 2. The van der Waals surface area contributed by atoms with Crippen LogP contribution >= 0.6 is 0 Å². The minimum absolute atomic E-state index is 0.198. The summed E-state index contributed by atoms with van der Waals surface area (Å²) in [5, 5.41) is 5.89. The fourth-order valence-corrected chi connectivity index (χ4v) is 3.25. The lowest BCUT2D eigenvalue weighted by Crippen LogP contribution is -2.37. The average Bonchev–Trinajstić information content (AvgIpc) is 2.69. The number of rotatable bonds is 6. The Morgan fingerprint density at radius 3 is 2.31 bits per heavy atom. The maximum Gasteiger partial charge on any atom is 0.270 e. The molecule has 1 heterocycles. The highest BCUT2D eigenvalue weighted by Crippen LogP contribution is 2.17. The number of aromatic nitrogens is 1. The predicted octanol–water partition coefficient (Wildman–Crippen LogP) is 3.12. The molecule has 5 heteroatoms. The first-order valence-corrected chi connectivity index (χ1v) is 9.32. The molecule has 1 aromatic heterocycles. The van der Waals surface area contributed by atoms with Crippen molar-refractivity contribution in [3.63, 3.8) is 0 Å². The van der Waals surface area contributed by atoms with Crippen LogP contribution in [-0.4, -0.2) is 29.4 Å². The van der Waals surface area contributed by atoms with Gasteiger partial charge < -0.3 is 10.6 Å². The van der Waals surface area contributed by atoms with E-state index in [9.17, 15) is 9.59 Å². The number of pyridine rings is 1. The fraction of sp³-hybridized carbons (Fsp3) is 0.381. The van der Waals surface area contributed by atoms with Crippen molar-refractivity contribution < 1.29 is 9.59 Å². The van der Waals surface area contributed by atoms with Crippen LogP contribution < -0.4 is 10.6 Å². The largest absolute Gasteiger partial charge is 0.350 e. The maximum absolute atomic E-state index is 12.4. The molecule has 136 valence electrons. The van der Waals surface area contributed by atoms with Crippen molar-refractivity contribution in [1.82, 2.24) is 15.6 Å². The number of nitrogens with zero attached hydrogens (tertiary/aromatic N) is 1. The van der Waals surface area contributed by atoms with E-state index >= 15 is 0 Å². The van der Waals surface area contributed by atoms with Gasteiger partial charge in [0.2, 0.25) is 0 Å². The molecule has 26 heavy (non-hydrogen) atoms. The van der Waals surface area contributed by atoms with E-state index in [0.29, 0.717) is 12.2 Å². The van der Waals surface area contributed by atoms with E-state index < -0.39 is 0 Å². The molecule has 1 saturated carbocycles. The van der Waals surface area contributed by atoms with E-state index in [1.807, 2.05) is 30.3 Å². The molecule has 2 N–H and O–H groups in total. The van der Waals surface area contributed by atoms with Gasteiger partial charge in [-0.2, -0.15) is 0 Å². The molecule has 0 aliphatic heterocycles. The highest BCUT2D eigenvalue weighted by atomic mass is 16.2. The van der Waals surface area contributed by atoms with Crippen LogP contribution in [0.25, 0.3) is 0 Å². The van der Waals surface area contributed by atoms with Gasteiger partial charge in [0.1, 0.15) is 11.4 Å². The van der Waals surface area contributed by atoms with Crippen LogP contribution in [0, 0.1) is 0 Å². The van der Waals surface area contributed by atoms with Gasteiger partial charge in [-0.25, -0.2) is 4.98 Å². The second-order valence-corrected chi connectivity index (χ2v) is 6.71. The Bertz CT molecular complexity index is 740. The summed E-state index contributed by atoms with van der Waals surface area (Å²) in [4.78, 5) is 28.9. The predicted molar refractivity (Wildman–Crippen MR) is 101 cm³/mol. The third-order valence-corrected chi connectivity index (χ3v) is 4.70. The number of amides is 2. The summed E-state index contributed by atoms with van der Waals surface area (Å²) >= 11 is 0. The summed E-state index contributed by atoms with van der Waals surface area (Å²) in [6.45, 7) is 0.531. The van der Waals surface area contributed by atoms with E-state index in [1.54, 1.807) is 18.2 Å². The van der Waals surface area contributed by atoms with E-state index in [2.05, 4.69) is 15.6 Å². The van der Waals surface area contributed by atoms with Gasteiger partial charge in [-0.3, -0.25) is 9.59 Å². The van der Waals surface area contributed by atoms with Crippen molar-refractivity contribution in [2.75, 3.05) is 6.54 Å². The van der Waals surface area contributed by atoms with Gasteiger partial charge in [0.25, 0.3) is 11.8 Å². The second-order valence-electron chi connectivity index (χ2n) is 6.71. The van der Waals surface area contributed by atoms with Crippen LogP contribution in [0.15, 0.2) is 48.5 Å². The lowest BCUT2D eigenvalue weighted by Gasteiger charge is -2.22. The molecule has 1 aromatic carbocycles. The van der Waals surface area contributed by atoms with Gasteiger partial charge in [-0.15, -0.1) is 0 Å². The molecule has 1 aliphatic rings. The molecule has 1 fully saturated rings. The summed E-state index contributed by atoms with van der Waals surface area (Å²) in [6.07, 6.45) is 6.35. The summed E-state index contributed by atoms with van der Waals surface area (Å²) in [5.41, 5.74) is 1.74. The van der Waals surface area contributed by atoms with E-state index in [4.69, 9.17) is 0 Å². The number of hydrogen-bond acceptors (Lipinski definition) is 3. The SMILES string of the molecule is O=C(NCCc1ccccc1)c1cccc(C(=O)NC2CCCCC2)n1. The average molecular weight is 351 g/mol. The van der Waals surface area contributed by atoms with Crippen LogP contribution in [0.1, 0.15) is 58.6 Å². The Balaban J connectivity index is 1.53. The third-order valence-electron chi connectivity index (χ3n) is 4.70. The topological polar surface area (TPSA) is 71.1 Å². The molecular formula is C21H25N3O2. The van der Waals surface area contributed by atoms with Gasteiger partial charge in [0, 0.05) is 12.6 Å². The molecule has 2 amide bonds. The number of nitrogens with one attached hydrogen (secondary N) is 2. The Morgan fingerprint density at radius 1 is 0.885 bits per heavy atom. The molecule has 0 atom stereocenters. The van der Waals surface area contributed by atoms with Gasteiger partial charge in [-0.05, 0) is 37.0 Å². The highest BCUT2D eigenvalue weighted by Gasteiger charge is 2.18. The van der Waals surface area contributed by atoms with Crippen LogP contribution in [0.5, 0.6) is 0 Å². The Kier molecular flexibility index (Phi) is 6.36. The molecule has 0 spiro atoms. The second kappa shape index (κ2) is 9.13. The van der Waals surface area contributed by atoms with Crippen LogP contribution in [-0.2, 0) is 6.42 Å². The van der Waals surface area contributed by atoms with Crippen LogP contribution in [0.3, 0.4) is 0 Å². The van der Waals surface area contributed by atoms with Gasteiger partial charge >= 0.3 is 0 Å². The zero-order valence-corrected chi connectivity index (χ0v) is 14.9. The van der Waals surface area contributed by atoms with Gasteiger partial charge in [0.15, 0.2) is 0 Å². The molecule has 0 saturated heterocycles. The normalized spacial score (nSPS) is 14.6. The number of carbonyl (C=O) groups is 2. The minimum atomic E-state index is -0.256. The molecule has 0 unspecified atom stereocenters. The zero-order chi connectivity index (χ0) is 18.2. The lowest BCUT2D eigenvalue weighted by atomic mass is 9.95. The molecule has 3 rings (SSSR count).